The molecule has 3 aromatic heterocycles. The number of anilines is 3. The smallest absolute Gasteiger partial charge is 0.143 e. The number of hydrogen-bond acceptors (Lipinski definition) is 4. The minimum Gasteiger partial charge on any atom is -0.455 e. The lowest BCUT2D eigenvalue weighted by molar-refractivity contribution is 0.669. The second-order valence-corrected chi connectivity index (χ2v) is 15.9. The van der Waals surface area contributed by atoms with Gasteiger partial charge in [-0.2, -0.15) is 0 Å². The maximum atomic E-state index is 6.75. The minimum atomic E-state index is 0.849. The number of nitrogens with zero attached hydrogens (tertiary/aromatic N) is 1. The van der Waals surface area contributed by atoms with Crippen molar-refractivity contribution in [2.75, 3.05) is 4.90 Å². The van der Waals surface area contributed by atoms with Crippen LogP contribution in [0.2, 0.25) is 0 Å². The fourth-order valence-electron chi connectivity index (χ4n) is 8.75. The number of benzene rings is 9. The maximum absolute atomic E-state index is 6.75. The van der Waals surface area contributed by atoms with E-state index in [1.54, 1.807) is 0 Å². The van der Waals surface area contributed by atoms with Gasteiger partial charge in [-0.25, -0.2) is 0 Å². The normalized spacial score (nSPS) is 11.8. The molecule has 3 nitrogen and oxygen atoms in total. The molecule has 0 aliphatic heterocycles. The van der Waals surface area contributed by atoms with Crippen molar-refractivity contribution in [2.45, 2.75) is 0 Å². The lowest BCUT2D eigenvalue weighted by Crippen LogP contribution is -2.09. The van der Waals surface area contributed by atoms with Gasteiger partial charge in [0.25, 0.3) is 0 Å². The summed E-state index contributed by atoms with van der Waals surface area (Å²) < 4.78 is 15.8. The zero-order chi connectivity index (χ0) is 38.2. The first-order valence-electron chi connectivity index (χ1n) is 19.6. The summed E-state index contributed by atoms with van der Waals surface area (Å²) >= 11 is 1.86. The Kier molecular flexibility index (Phi) is 7.40. The quantitative estimate of drug-likeness (QED) is 0.169. The Morgan fingerprint density at radius 3 is 1.53 bits per heavy atom. The molecule has 4 heteroatoms. The van der Waals surface area contributed by atoms with Crippen LogP contribution in [0.1, 0.15) is 0 Å². The summed E-state index contributed by atoms with van der Waals surface area (Å²) in [5.41, 5.74) is 13.5. The van der Waals surface area contributed by atoms with E-state index in [0.717, 1.165) is 83.2 Å². The lowest BCUT2D eigenvalue weighted by Gasteiger charge is -2.26. The van der Waals surface area contributed by atoms with E-state index >= 15 is 0 Å². The van der Waals surface area contributed by atoms with Gasteiger partial charge in [0.2, 0.25) is 0 Å². The van der Waals surface area contributed by atoms with Crippen molar-refractivity contribution < 1.29 is 8.83 Å². The molecule has 0 atom stereocenters. The number of rotatable bonds is 6. The fourth-order valence-corrected chi connectivity index (χ4v) is 9.99. The van der Waals surface area contributed by atoms with Gasteiger partial charge in [0.1, 0.15) is 22.3 Å². The average Bonchev–Trinajstić information content (AvgIpc) is 3.99. The van der Waals surface area contributed by atoms with E-state index in [1.807, 2.05) is 29.5 Å². The number of furan rings is 2. The standard InChI is InChI=1S/C54H33NO2S/c1-2-11-34(12-3-1)40-15-8-19-47-44-32-31-39(33-50(44)57-53(40)47)55(37-27-23-35(24-28-37)41-16-9-18-46-43-13-4-6-21-49(43)56-52(41)46)38-29-25-36(26-30-38)42-17-10-20-48-45-14-5-7-22-51(45)58-54(42)48/h1-33H. The molecule has 0 aliphatic carbocycles. The van der Waals surface area contributed by atoms with Gasteiger partial charge in [-0.1, -0.05) is 146 Å². The van der Waals surface area contributed by atoms with Crippen LogP contribution in [0.3, 0.4) is 0 Å². The van der Waals surface area contributed by atoms with Crippen LogP contribution in [0.5, 0.6) is 0 Å². The third-order valence-electron chi connectivity index (χ3n) is 11.5. The van der Waals surface area contributed by atoms with Crippen molar-refractivity contribution in [3.8, 4) is 33.4 Å². The van der Waals surface area contributed by atoms with E-state index in [-0.39, 0.29) is 0 Å². The highest BCUT2D eigenvalue weighted by atomic mass is 32.1. The molecule has 272 valence electrons. The van der Waals surface area contributed by atoms with Crippen LogP contribution in [0, 0.1) is 0 Å². The highest BCUT2D eigenvalue weighted by molar-refractivity contribution is 7.26. The summed E-state index contributed by atoms with van der Waals surface area (Å²) in [6, 6.07) is 71.3. The maximum Gasteiger partial charge on any atom is 0.143 e. The molecule has 12 rings (SSSR count). The zero-order valence-corrected chi connectivity index (χ0v) is 32.0. The Morgan fingerprint density at radius 2 is 0.828 bits per heavy atom. The van der Waals surface area contributed by atoms with Crippen molar-refractivity contribution in [3.05, 3.63) is 200 Å². The van der Waals surface area contributed by atoms with Crippen molar-refractivity contribution in [1.82, 2.24) is 0 Å². The van der Waals surface area contributed by atoms with Crippen LogP contribution >= 0.6 is 11.3 Å². The van der Waals surface area contributed by atoms with Gasteiger partial charge in [-0.3, -0.25) is 0 Å². The van der Waals surface area contributed by atoms with Crippen LogP contribution in [-0.2, 0) is 0 Å². The van der Waals surface area contributed by atoms with Gasteiger partial charge in [0.15, 0.2) is 0 Å². The lowest BCUT2D eigenvalue weighted by atomic mass is 10.0. The van der Waals surface area contributed by atoms with Gasteiger partial charge in [-0.05, 0) is 70.8 Å². The van der Waals surface area contributed by atoms with Gasteiger partial charge >= 0.3 is 0 Å². The zero-order valence-electron chi connectivity index (χ0n) is 31.2. The summed E-state index contributed by atoms with van der Waals surface area (Å²) in [6.07, 6.45) is 0. The highest BCUT2D eigenvalue weighted by Gasteiger charge is 2.19. The molecular weight excluding hydrogens is 727 g/mol. The molecule has 0 unspecified atom stereocenters. The first kappa shape index (κ1) is 32.8. The van der Waals surface area contributed by atoms with Gasteiger partial charge < -0.3 is 13.7 Å². The van der Waals surface area contributed by atoms with Crippen LogP contribution in [0.4, 0.5) is 17.1 Å². The Labute approximate surface area is 338 Å². The molecule has 0 N–H and O–H groups in total. The Morgan fingerprint density at radius 1 is 0.328 bits per heavy atom. The molecular formula is C54H33NO2S. The molecule has 0 bridgehead atoms. The summed E-state index contributed by atoms with van der Waals surface area (Å²) in [7, 11) is 0. The molecule has 58 heavy (non-hydrogen) atoms. The molecule has 0 saturated heterocycles. The minimum absolute atomic E-state index is 0.849. The molecule has 0 radical (unpaired) electrons. The predicted octanol–water partition coefficient (Wildman–Crippen LogP) is 16.3. The van der Waals surface area contributed by atoms with Crippen LogP contribution < -0.4 is 4.90 Å². The number of para-hydroxylation sites is 3. The van der Waals surface area contributed by atoms with Gasteiger partial charge in [0.05, 0.1) is 0 Å². The largest absolute Gasteiger partial charge is 0.455 e. The van der Waals surface area contributed by atoms with Crippen LogP contribution in [-0.4, -0.2) is 0 Å². The third-order valence-corrected chi connectivity index (χ3v) is 12.7. The van der Waals surface area contributed by atoms with Crippen LogP contribution in [0.15, 0.2) is 209 Å². The number of fused-ring (bicyclic) bond motifs is 9. The summed E-state index contributed by atoms with van der Waals surface area (Å²) in [6.45, 7) is 0. The Hall–Kier alpha value is -7.40. The summed E-state index contributed by atoms with van der Waals surface area (Å²) in [5, 5.41) is 7.07. The van der Waals surface area contributed by atoms with Gasteiger partial charge in [0, 0.05) is 76.0 Å². The van der Waals surface area contributed by atoms with E-state index in [1.165, 1.54) is 31.3 Å². The molecule has 0 spiro atoms. The van der Waals surface area contributed by atoms with E-state index in [4.69, 9.17) is 8.83 Å². The van der Waals surface area contributed by atoms with Crippen molar-refractivity contribution >= 4 is 92.4 Å². The average molecular weight is 760 g/mol. The van der Waals surface area contributed by atoms with E-state index in [9.17, 15) is 0 Å². The Balaban J connectivity index is 0.990. The molecule has 12 aromatic rings. The van der Waals surface area contributed by atoms with Crippen molar-refractivity contribution in [2.24, 2.45) is 0 Å². The molecule has 0 aliphatic rings. The molecule has 9 aromatic carbocycles. The summed E-state index contributed by atoms with van der Waals surface area (Å²) in [4.78, 5) is 2.32. The predicted molar refractivity (Wildman–Crippen MR) is 245 cm³/mol. The topological polar surface area (TPSA) is 29.5 Å². The molecule has 0 amide bonds. The fraction of sp³-hybridized carbons (Fsp3) is 0. The Bertz CT molecular complexity index is 3340. The van der Waals surface area contributed by atoms with E-state index in [2.05, 4.69) is 187 Å². The first-order chi connectivity index (χ1) is 28.7. The van der Waals surface area contributed by atoms with E-state index < -0.39 is 0 Å². The third kappa shape index (κ3) is 5.19. The van der Waals surface area contributed by atoms with Crippen LogP contribution in [0.25, 0.3) is 97.4 Å². The monoisotopic (exact) mass is 759 g/mol. The van der Waals surface area contributed by atoms with Crippen molar-refractivity contribution in [1.29, 1.82) is 0 Å². The van der Waals surface area contributed by atoms with Gasteiger partial charge in [-0.15, -0.1) is 11.3 Å². The SMILES string of the molecule is c1ccc(-c2cccc3c2oc2cc(N(c4ccc(-c5cccc6c5oc5ccccc56)cc4)c4ccc(-c5cccc6c5sc5ccccc56)cc4)ccc23)cc1. The number of thiophene rings is 1. The second kappa shape index (κ2) is 13.1. The van der Waals surface area contributed by atoms with E-state index in [0.29, 0.717) is 0 Å². The summed E-state index contributed by atoms with van der Waals surface area (Å²) in [5.74, 6) is 0. The molecule has 0 saturated carbocycles. The highest BCUT2D eigenvalue weighted by Crippen LogP contribution is 2.44. The second-order valence-electron chi connectivity index (χ2n) is 14.8. The molecule has 3 heterocycles. The van der Waals surface area contributed by atoms with Crippen molar-refractivity contribution in [3.63, 3.8) is 0 Å². The molecule has 0 fully saturated rings. The number of hydrogen-bond donors (Lipinski definition) is 0. The first-order valence-corrected chi connectivity index (χ1v) is 20.4.